The molecule has 0 amide bonds. The summed E-state index contributed by atoms with van der Waals surface area (Å²) in [6.07, 6.45) is 4.27. The normalized spacial score (nSPS) is 32.8. The van der Waals surface area contributed by atoms with Crippen molar-refractivity contribution < 1.29 is 4.74 Å². The number of hydrogen-bond donors (Lipinski definition) is 1. The first-order valence-electron chi connectivity index (χ1n) is 5.94. The minimum atomic E-state index is -0.0779. The van der Waals surface area contributed by atoms with Crippen molar-refractivity contribution in [2.75, 3.05) is 19.8 Å². The second kappa shape index (κ2) is 3.89. The first-order valence-corrected chi connectivity index (χ1v) is 6.75. The molecule has 0 bridgehead atoms. The van der Waals surface area contributed by atoms with E-state index in [0.717, 1.165) is 49.0 Å². The standard InChI is InChI=1S/C11H16N2OS2/c15-9-8-2-1-5-13(8)10(16)11(12-9)3-6-14-7-4-11/h8H,1-7H2,(H,12,15)/t8-/m1/s1. The van der Waals surface area contributed by atoms with Crippen molar-refractivity contribution in [1.82, 2.24) is 10.2 Å². The van der Waals surface area contributed by atoms with Crippen LogP contribution in [0.1, 0.15) is 25.7 Å². The van der Waals surface area contributed by atoms with Gasteiger partial charge in [-0.25, -0.2) is 0 Å². The molecule has 3 nitrogen and oxygen atoms in total. The summed E-state index contributed by atoms with van der Waals surface area (Å²) in [7, 11) is 0. The second-order valence-electron chi connectivity index (χ2n) is 4.84. The molecule has 1 N–H and O–H groups in total. The number of piperazine rings is 1. The summed E-state index contributed by atoms with van der Waals surface area (Å²) < 4.78 is 5.43. The van der Waals surface area contributed by atoms with Crippen LogP contribution in [-0.4, -0.2) is 46.2 Å². The minimum absolute atomic E-state index is 0.0779. The Morgan fingerprint density at radius 3 is 2.81 bits per heavy atom. The molecule has 3 heterocycles. The number of fused-ring (bicyclic) bond motifs is 1. The third-order valence-corrected chi connectivity index (χ3v) is 4.93. The van der Waals surface area contributed by atoms with Crippen molar-refractivity contribution in [1.29, 1.82) is 0 Å². The predicted octanol–water partition coefficient (Wildman–Crippen LogP) is 1.26. The molecular weight excluding hydrogens is 240 g/mol. The van der Waals surface area contributed by atoms with Gasteiger partial charge in [-0.05, 0) is 12.8 Å². The summed E-state index contributed by atoms with van der Waals surface area (Å²) in [5.41, 5.74) is -0.0779. The lowest BCUT2D eigenvalue weighted by molar-refractivity contribution is 0.0622. The van der Waals surface area contributed by atoms with Gasteiger partial charge in [0.15, 0.2) is 0 Å². The number of hydrogen-bond acceptors (Lipinski definition) is 3. The maximum atomic E-state index is 5.68. The number of nitrogens with one attached hydrogen (secondary N) is 1. The van der Waals surface area contributed by atoms with Gasteiger partial charge in [-0.2, -0.15) is 0 Å². The lowest BCUT2D eigenvalue weighted by atomic mass is 9.86. The largest absolute Gasteiger partial charge is 0.381 e. The van der Waals surface area contributed by atoms with E-state index < -0.39 is 0 Å². The third-order valence-electron chi connectivity index (χ3n) is 3.93. The SMILES string of the molecule is S=C1NC2(CCOCC2)C(=S)N2CCC[C@H]12. The van der Waals surface area contributed by atoms with Gasteiger partial charge in [0, 0.05) is 32.6 Å². The highest BCUT2D eigenvalue weighted by molar-refractivity contribution is 7.81. The Balaban J connectivity index is 1.90. The van der Waals surface area contributed by atoms with Gasteiger partial charge in [0.25, 0.3) is 0 Å². The number of rotatable bonds is 0. The van der Waals surface area contributed by atoms with E-state index in [1.54, 1.807) is 0 Å². The fraction of sp³-hybridized carbons (Fsp3) is 0.818. The molecule has 0 unspecified atom stereocenters. The Labute approximate surface area is 107 Å². The van der Waals surface area contributed by atoms with E-state index in [1.807, 2.05) is 0 Å². The van der Waals surface area contributed by atoms with Crippen LogP contribution in [-0.2, 0) is 4.74 Å². The van der Waals surface area contributed by atoms with Crippen molar-refractivity contribution in [3.63, 3.8) is 0 Å². The Hall–Kier alpha value is -0.260. The maximum absolute atomic E-state index is 5.68. The van der Waals surface area contributed by atoms with Crippen LogP contribution >= 0.6 is 24.4 Å². The number of nitrogens with zero attached hydrogens (tertiary/aromatic N) is 1. The zero-order chi connectivity index (χ0) is 11.2. The van der Waals surface area contributed by atoms with E-state index in [9.17, 15) is 0 Å². The monoisotopic (exact) mass is 256 g/mol. The summed E-state index contributed by atoms with van der Waals surface area (Å²) in [5, 5.41) is 3.52. The molecule has 3 aliphatic rings. The molecule has 1 atom stereocenters. The molecule has 0 aliphatic carbocycles. The van der Waals surface area contributed by atoms with Crippen molar-refractivity contribution in [2.24, 2.45) is 0 Å². The minimum Gasteiger partial charge on any atom is -0.381 e. The Morgan fingerprint density at radius 2 is 2.06 bits per heavy atom. The van der Waals surface area contributed by atoms with Crippen LogP contribution < -0.4 is 5.32 Å². The molecule has 0 radical (unpaired) electrons. The van der Waals surface area contributed by atoms with Gasteiger partial charge in [-0.1, -0.05) is 24.4 Å². The van der Waals surface area contributed by atoms with Gasteiger partial charge in [0.05, 0.1) is 16.6 Å². The van der Waals surface area contributed by atoms with Gasteiger partial charge in [-0.15, -0.1) is 0 Å². The van der Waals surface area contributed by atoms with Crippen LogP contribution in [0.2, 0.25) is 0 Å². The topological polar surface area (TPSA) is 24.5 Å². The zero-order valence-electron chi connectivity index (χ0n) is 9.20. The molecule has 5 heteroatoms. The predicted molar refractivity (Wildman–Crippen MR) is 70.8 cm³/mol. The Kier molecular flexibility index (Phi) is 2.64. The van der Waals surface area contributed by atoms with Crippen LogP contribution in [0.25, 0.3) is 0 Å². The van der Waals surface area contributed by atoms with Crippen LogP contribution in [0, 0.1) is 0 Å². The Bertz CT molecular complexity index is 339. The molecule has 0 aromatic rings. The average molecular weight is 256 g/mol. The summed E-state index contributed by atoms with van der Waals surface area (Å²) in [6, 6.07) is 0.371. The van der Waals surface area contributed by atoms with Gasteiger partial charge in [0.1, 0.15) is 4.99 Å². The van der Waals surface area contributed by atoms with E-state index in [4.69, 9.17) is 29.2 Å². The van der Waals surface area contributed by atoms with Crippen LogP contribution in [0.5, 0.6) is 0 Å². The van der Waals surface area contributed by atoms with Crippen LogP contribution in [0.3, 0.4) is 0 Å². The molecule has 88 valence electrons. The summed E-state index contributed by atoms with van der Waals surface area (Å²) in [5.74, 6) is 0. The second-order valence-corrected chi connectivity index (χ2v) is 5.67. The van der Waals surface area contributed by atoms with Crippen molar-refractivity contribution in [3.05, 3.63) is 0 Å². The summed E-state index contributed by atoms with van der Waals surface area (Å²) >= 11 is 11.2. The average Bonchev–Trinajstić information content (AvgIpc) is 2.77. The summed E-state index contributed by atoms with van der Waals surface area (Å²) in [6.45, 7) is 2.65. The van der Waals surface area contributed by atoms with Crippen molar-refractivity contribution in [3.8, 4) is 0 Å². The molecule has 3 aliphatic heterocycles. The fourth-order valence-corrected chi connectivity index (χ4v) is 3.90. The smallest absolute Gasteiger partial charge is 0.105 e. The maximum Gasteiger partial charge on any atom is 0.105 e. The highest BCUT2D eigenvalue weighted by Gasteiger charge is 2.48. The third kappa shape index (κ3) is 1.49. The van der Waals surface area contributed by atoms with E-state index in [-0.39, 0.29) is 5.54 Å². The van der Waals surface area contributed by atoms with Gasteiger partial charge in [0.2, 0.25) is 0 Å². The molecule has 0 saturated carbocycles. The molecule has 0 aromatic heterocycles. The molecule has 3 saturated heterocycles. The van der Waals surface area contributed by atoms with Crippen molar-refractivity contribution in [2.45, 2.75) is 37.3 Å². The van der Waals surface area contributed by atoms with Gasteiger partial charge in [-0.3, -0.25) is 0 Å². The first kappa shape index (κ1) is 10.9. The van der Waals surface area contributed by atoms with Crippen molar-refractivity contribution >= 4 is 34.4 Å². The van der Waals surface area contributed by atoms with Gasteiger partial charge >= 0.3 is 0 Å². The van der Waals surface area contributed by atoms with E-state index in [2.05, 4.69) is 10.2 Å². The highest BCUT2D eigenvalue weighted by Crippen LogP contribution is 2.33. The van der Waals surface area contributed by atoms with Crippen LogP contribution in [0.4, 0.5) is 0 Å². The molecule has 0 aromatic carbocycles. The first-order chi connectivity index (χ1) is 7.73. The fourth-order valence-electron chi connectivity index (χ4n) is 2.99. The Morgan fingerprint density at radius 1 is 1.31 bits per heavy atom. The van der Waals surface area contributed by atoms with Gasteiger partial charge < -0.3 is 15.0 Å². The molecular formula is C11H16N2OS2. The quantitative estimate of drug-likeness (QED) is 0.658. The summed E-state index contributed by atoms with van der Waals surface area (Å²) in [4.78, 5) is 4.42. The van der Waals surface area contributed by atoms with E-state index in [0.29, 0.717) is 6.04 Å². The highest BCUT2D eigenvalue weighted by atomic mass is 32.1. The molecule has 16 heavy (non-hydrogen) atoms. The zero-order valence-corrected chi connectivity index (χ0v) is 10.8. The number of thiocarbonyl (C=S) groups is 2. The molecule has 3 rings (SSSR count). The molecule has 1 spiro atoms. The van der Waals surface area contributed by atoms with E-state index >= 15 is 0 Å². The van der Waals surface area contributed by atoms with Crippen LogP contribution in [0.15, 0.2) is 0 Å². The molecule has 3 fully saturated rings. The van der Waals surface area contributed by atoms with E-state index in [1.165, 1.54) is 6.42 Å². The lowest BCUT2D eigenvalue weighted by Gasteiger charge is -2.49. The lowest BCUT2D eigenvalue weighted by Crippen LogP contribution is -2.69. The number of ether oxygens (including phenoxy) is 1.